The van der Waals surface area contributed by atoms with Crippen molar-refractivity contribution in [2.45, 2.75) is 17.7 Å². The van der Waals surface area contributed by atoms with Crippen molar-refractivity contribution in [2.75, 3.05) is 13.1 Å². The van der Waals surface area contributed by atoms with Gasteiger partial charge in [0.25, 0.3) is 0 Å². The number of hydrogen-bond acceptors (Lipinski definition) is 4. The third-order valence-corrected chi connectivity index (χ3v) is 5.40. The predicted octanol–water partition coefficient (Wildman–Crippen LogP) is 2.67. The molecule has 0 amide bonds. The quantitative estimate of drug-likeness (QED) is 0.593. The zero-order chi connectivity index (χ0) is 16.9. The molecule has 1 heterocycles. The molecule has 1 aliphatic rings. The van der Waals surface area contributed by atoms with Crippen LogP contribution in [0.15, 0.2) is 66.3 Å². The number of carbonyl (C=O) groups excluding carboxylic acids is 1. The molecule has 122 valence electrons. The highest BCUT2D eigenvalue weighted by molar-refractivity contribution is 7.89. The highest BCUT2D eigenvalue weighted by Crippen LogP contribution is 2.29. The molecule has 2 rings (SSSR count). The van der Waals surface area contributed by atoms with E-state index in [1.165, 1.54) is 22.5 Å². The molecule has 1 aromatic carbocycles. The van der Waals surface area contributed by atoms with Gasteiger partial charge in [-0.3, -0.25) is 4.79 Å². The fraction of sp³-hybridized carbons (Fsp3) is 0.235. The minimum absolute atomic E-state index is 0.0751. The van der Waals surface area contributed by atoms with Crippen molar-refractivity contribution < 1.29 is 17.9 Å². The second kappa shape index (κ2) is 7.39. The summed E-state index contributed by atoms with van der Waals surface area (Å²) in [6, 6.07) is 6.42. The monoisotopic (exact) mass is 333 g/mol. The first kappa shape index (κ1) is 17.2. The zero-order valence-corrected chi connectivity index (χ0v) is 13.6. The van der Waals surface area contributed by atoms with Gasteiger partial charge in [0.05, 0.1) is 0 Å². The Labute approximate surface area is 136 Å². The SMILES string of the molecule is C=C/C=C(\C=C)Oc1ccccc1S(=O)(=O)N1CCC(=O)CC1. The number of allylic oxidation sites excluding steroid dienone is 3. The predicted molar refractivity (Wildman–Crippen MR) is 88.5 cm³/mol. The van der Waals surface area contributed by atoms with Crippen LogP contribution in [0.4, 0.5) is 0 Å². The van der Waals surface area contributed by atoms with E-state index in [-0.39, 0.29) is 42.4 Å². The Morgan fingerprint density at radius 3 is 2.43 bits per heavy atom. The number of ketones is 1. The number of para-hydroxylation sites is 1. The summed E-state index contributed by atoms with van der Waals surface area (Å²) in [5.74, 6) is 0.706. The molecule has 23 heavy (non-hydrogen) atoms. The molecule has 0 saturated carbocycles. The second-order valence-corrected chi connectivity index (χ2v) is 6.91. The van der Waals surface area contributed by atoms with Gasteiger partial charge in [0.1, 0.15) is 22.2 Å². The first-order valence-corrected chi connectivity index (χ1v) is 8.67. The van der Waals surface area contributed by atoms with Gasteiger partial charge in [-0.2, -0.15) is 4.31 Å². The lowest BCUT2D eigenvalue weighted by Gasteiger charge is -2.26. The molecule has 0 N–H and O–H groups in total. The van der Waals surface area contributed by atoms with E-state index in [1.807, 2.05) is 0 Å². The molecule has 1 fully saturated rings. The fourth-order valence-electron chi connectivity index (χ4n) is 2.25. The van der Waals surface area contributed by atoms with Gasteiger partial charge in [-0.25, -0.2) is 8.42 Å². The number of benzene rings is 1. The van der Waals surface area contributed by atoms with Crippen molar-refractivity contribution in [1.29, 1.82) is 0 Å². The molecule has 0 atom stereocenters. The van der Waals surface area contributed by atoms with E-state index in [4.69, 9.17) is 4.74 Å². The maximum atomic E-state index is 12.8. The topological polar surface area (TPSA) is 63.7 Å². The molecule has 0 radical (unpaired) electrons. The number of ether oxygens (including phenoxy) is 1. The smallest absolute Gasteiger partial charge is 0.246 e. The van der Waals surface area contributed by atoms with Crippen molar-refractivity contribution in [3.63, 3.8) is 0 Å². The Balaban J connectivity index is 2.35. The maximum absolute atomic E-state index is 12.8. The minimum atomic E-state index is -3.72. The molecule has 0 aliphatic carbocycles. The number of rotatable bonds is 6. The lowest BCUT2D eigenvalue weighted by molar-refractivity contribution is -0.120. The summed E-state index contributed by atoms with van der Waals surface area (Å²) in [7, 11) is -3.72. The van der Waals surface area contributed by atoms with Crippen LogP contribution in [0.2, 0.25) is 0 Å². The standard InChI is InChI=1S/C17H19NO4S/c1-3-7-15(4-2)22-16-8-5-6-9-17(16)23(20,21)18-12-10-14(19)11-13-18/h3-9H,1-2,10-13H2/b15-7+. The van der Waals surface area contributed by atoms with E-state index < -0.39 is 10.0 Å². The number of Topliss-reactive ketones (excluding diaryl/α,β-unsaturated/α-hetero) is 1. The summed E-state index contributed by atoms with van der Waals surface area (Å²) in [5, 5.41) is 0. The highest BCUT2D eigenvalue weighted by Gasteiger charge is 2.30. The lowest BCUT2D eigenvalue weighted by Crippen LogP contribution is -2.38. The highest BCUT2D eigenvalue weighted by atomic mass is 32.2. The third-order valence-electron chi connectivity index (χ3n) is 3.46. The number of carbonyl (C=O) groups is 1. The second-order valence-electron chi connectivity index (χ2n) is 5.00. The van der Waals surface area contributed by atoms with Gasteiger partial charge in [-0.15, -0.1) is 0 Å². The summed E-state index contributed by atoms with van der Waals surface area (Å²) >= 11 is 0. The summed E-state index contributed by atoms with van der Waals surface area (Å²) in [4.78, 5) is 11.4. The molecule has 0 aromatic heterocycles. The largest absolute Gasteiger partial charge is 0.456 e. The van der Waals surface area contributed by atoms with Gasteiger partial charge in [0.2, 0.25) is 10.0 Å². The summed E-state index contributed by atoms with van der Waals surface area (Å²) in [6.07, 6.45) is 5.10. The van der Waals surface area contributed by atoms with E-state index in [1.54, 1.807) is 24.3 Å². The molecular formula is C17H19NO4S. The van der Waals surface area contributed by atoms with Crippen molar-refractivity contribution in [3.05, 3.63) is 61.4 Å². The van der Waals surface area contributed by atoms with Crippen LogP contribution < -0.4 is 4.74 Å². The van der Waals surface area contributed by atoms with Crippen LogP contribution in [-0.2, 0) is 14.8 Å². The zero-order valence-electron chi connectivity index (χ0n) is 12.8. The number of hydrogen-bond donors (Lipinski definition) is 0. The Morgan fingerprint density at radius 1 is 1.17 bits per heavy atom. The Morgan fingerprint density at radius 2 is 1.83 bits per heavy atom. The number of nitrogens with zero attached hydrogens (tertiary/aromatic N) is 1. The van der Waals surface area contributed by atoms with Gasteiger partial charge >= 0.3 is 0 Å². The van der Waals surface area contributed by atoms with Gasteiger partial charge in [0.15, 0.2) is 0 Å². The van der Waals surface area contributed by atoms with E-state index in [2.05, 4.69) is 13.2 Å². The summed E-state index contributed by atoms with van der Waals surface area (Å²) in [6.45, 7) is 7.61. The van der Waals surface area contributed by atoms with Gasteiger partial charge in [0, 0.05) is 25.9 Å². The van der Waals surface area contributed by atoms with E-state index in [9.17, 15) is 13.2 Å². The van der Waals surface area contributed by atoms with E-state index in [0.29, 0.717) is 5.76 Å². The molecule has 1 aliphatic heterocycles. The first-order chi connectivity index (χ1) is 11.0. The Hall–Kier alpha value is -2.18. The molecule has 1 saturated heterocycles. The molecule has 0 unspecified atom stereocenters. The van der Waals surface area contributed by atoms with E-state index >= 15 is 0 Å². The van der Waals surface area contributed by atoms with Crippen LogP contribution in [0.25, 0.3) is 0 Å². The molecule has 6 heteroatoms. The molecule has 0 bridgehead atoms. The molecule has 0 spiro atoms. The van der Waals surface area contributed by atoms with Gasteiger partial charge in [-0.1, -0.05) is 31.4 Å². The lowest BCUT2D eigenvalue weighted by atomic mass is 10.1. The summed E-state index contributed by atoms with van der Waals surface area (Å²) < 4.78 is 32.6. The number of sulfonamides is 1. The van der Waals surface area contributed by atoms with Crippen LogP contribution >= 0.6 is 0 Å². The molecule has 1 aromatic rings. The van der Waals surface area contributed by atoms with E-state index in [0.717, 1.165) is 0 Å². The summed E-state index contributed by atoms with van der Waals surface area (Å²) in [5.41, 5.74) is 0. The van der Waals surface area contributed by atoms with Crippen LogP contribution in [-0.4, -0.2) is 31.6 Å². The van der Waals surface area contributed by atoms with Crippen molar-refractivity contribution >= 4 is 15.8 Å². The van der Waals surface area contributed by atoms with Crippen LogP contribution in [0.1, 0.15) is 12.8 Å². The minimum Gasteiger partial charge on any atom is -0.456 e. The molecular weight excluding hydrogens is 314 g/mol. The average Bonchev–Trinajstić information content (AvgIpc) is 2.55. The van der Waals surface area contributed by atoms with Gasteiger partial charge < -0.3 is 4.74 Å². The number of piperidine rings is 1. The van der Waals surface area contributed by atoms with Crippen molar-refractivity contribution in [2.24, 2.45) is 0 Å². The average molecular weight is 333 g/mol. The fourth-order valence-corrected chi connectivity index (χ4v) is 3.81. The Kier molecular flexibility index (Phi) is 5.52. The van der Waals surface area contributed by atoms with Crippen molar-refractivity contribution in [3.8, 4) is 5.75 Å². The maximum Gasteiger partial charge on any atom is 0.246 e. The van der Waals surface area contributed by atoms with Crippen LogP contribution in [0.3, 0.4) is 0 Å². The first-order valence-electron chi connectivity index (χ1n) is 7.23. The molecule has 5 nitrogen and oxygen atoms in total. The Bertz CT molecular complexity index is 740. The normalized spacial score (nSPS) is 16.9. The van der Waals surface area contributed by atoms with Crippen molar-refractivity contribution in [1.82, 2.24) is 4.31 Å². The van der Waals surface area contributed by atoms with Gasteiger partial charge in [-0.05, 0) is 24.3 Å². The van der Waals surface area contributed by atoms with Crippen LogP contribution in [0.5, 0.6) is 5.75 Å². The third kappa shape index (κ3) is 3.97. The van der Waals surface area contributed by atoms with Crippen LogP contribution in [0, 0.1) is 0 Å².